The molecule has 42 nitrogen and oxygen atoms in total. The Morgan fingerprint density at radius 1 is 0.241 bits per heavy atom. The Balaban J connectivity index is -0.000000520. The molecule has 3 atom stereocenters. The first-order chi connectivity index (χ1) is 52.2. The Hall–Kier alpha value is -6.83. The maximum atomic E-state index is 11.4. The minimum absolute atomic E-state index is 0. The molecule has 0 fully saturated rings. The molecule has 0 saturated heterocycles. The summed E-state index contributed by atoms with van der Waals surface area (Å²) in [7, 11) is 0. The van der Waals surface area contributed by atoms with Crippen LogP contribution in [0.1, 0.15) is 16.7 Å². The molecule has 0 aliphatic carbocycles. The van der Waals surface area contributed by atoms with E-state index in [0.717, 1.165) is 29.4 Å². The van der Waals surface area contributed by atoms with E-state index in [2.05, 4.69) is 67.1 Å². The van der Waals surface area contributed by atoms with Crippen molar-refractivity contribution in [2.45, 2.75) is 37.4 Å². The van der Waals surface area contributed by atoms with Crippen LogP contribution in [0.25, 0.3) is 0 Å². The van der Waals surface area contributed by atoms with Crippen molar-refractivity contribution < 1.29 is 149 Å². The third-order valence-electron chi connectivity index (χ3n) is 15.1. The maximum Gasteiger partial charge on any atom is 3.00 e. The summed E-state index contributed by atoms with van der Waals surface area (Å²) in [5.74, 6) is -23.5. The molecule has 116 heavy (non-hydrogen) atoms. The van der Waals surface area contributed by atoms with Crippen LogP contribution in [0.2, 0.25) is 0 Å². The average molecular weight is 2650 g/mol. The van der Waals surface area contributed by atoms with Gasteiger partial charge in [-0.25, -0.2) is 0 Å². The summed E-state index contributed by atoms with van der Waals surface area (Å²) in [6.45, 7) is -13.6. The van der Waals surface area contributed by atoms with Gasteiger partial charge in [0.05, 0.1) is 122 Å². The topological polar surface area (TPSA) is 668 Å². The van der Waals surface area contributed by atoms with Crippen molar-refractivity contribution in [1.82, 2.24) is 44.1 Å². The summed E-state index contributed by atoms with van der Waals surface area (Å²) in [5, 5.41) is 174. The molecule has 0 N–H and O–H groups in total. The zero-order chi connectivity index (χ0) is 83.9. The molecule has 0 aliphatic heterocycles. The largest absolute Gasteiger partial charge is 3.00 e. The SMILES string of the molecule is O=C([O-])CN(CCN(CC(=O)[O-])CC(Cc1ccc(N=C=S)cc1)N(CC(=O)[O-])CC(=O)[O-])CC(=O)[O-].O=C([O-])CN(CCN(CC(=O)[O-])CC(Cc1ccc(N=C=S)cc1)N(CC(=O)[O-])CC(=O)[O-])CC(=O)[O-].O=C([O-])CN(CCN(CC(=O)[O-])CC(Cc1ccc(N=C=S)cc1)N(CC(=O)[O-])CC(=O)[O-])CC(=O)[O-].[Bi+3].[Bi+3].[Bi+3].[Bi+3].[Bi+3]. The van der Waals surface area contributed by atoms with Gasteiger partial charge in [-0.1, -0.05) is 36.4 Å². The molecule has 0 bridgehead atoms. The van der Waals surface area contributed by atoms with E-state index in [4.69, 9.17) is 0 Å². The Kier molecular flexibility index (Phi) is 67.0. The van der Waals surface area contributed by atoms with Crippen LogP contribution in [-0.4, -0.2) is 455 Å². The van der Waals surface area contributed by atoms with Gasteiger partial charge in [0.1, 0.15) is 0 Å². The number of carbonyl (C=O) groups excluding carboxylic acids is 15. The predicted octanol–water partition coefficient (Wildman–Crippen LogP) is -22.9. The number of aliphatic carboxylic acids is 15. The van der Waals surface area contributed by atoms with Gasteiger partial charge in [-0.3, -0.25) is 44.1 Å². The second-order valence-corrected chi connectivity index (χ2v) is 24.4. The van der Waals surface area contributed by atoms with Gasteiger partial charge in [-0.05, 0) is 109 Å². The Morgan fingerprint density at radius 2 is 0.379 bits per heavy atom. The van der Waals surface area contributed by atoms with Crippen molar-refractivity contribution in [2.24, 2.45) is 15.0 Å². The Morgan fingerprint density at radius 3 is 0.517 bits per heavy atom. The van der Waals surface area contributed by atoms with E-state index in [-0.39, 0.29) is 209 Å². The Bertz CT molecular complexity index is 3360. The normalized spacial score (nSPS) is 11.2. The fourth-order valence-corrected chi connectivity index (χ4v) is 11.0. The first kappa shape index (κ1) is 118. The molecule has 0 heterocycles. The van der Waals surface area contributed by atoms with Crippen LogP contribution in [0.3, 0.4) is 0 Å². The van der Waals surface area contributed by atoms with E-state index in [1.54, 1.807) is 72.8 Å². The second kappa shape index (κ2) is 66.0. The predicted molar refractivity (Wildman–Crippen MR) is 383 cm³/mol. The summed E-state index contributed by atoms with van der Waals surface area (Å²) >= 11 is 13.6. The summed E-state index contributed by atoms with van der Waals surface area (Å²) < 4.78 is 0. The smallest absolute Gasteiger partial charge is 0.549 e. The molecular weight excluding hydrogens is 2580 g/mol. The number of benzene rings is 3. The number of hydrogen-bond donors (Lipinski definition) is 0. The number of aliphatic imine (C=N–C) groups is 3. The molecule has 3 unspecified atom stereocenters. The maximum absolute atomic E-state index is 11.4. The van der Waals surface area contributed by atoms with Gasteiger partial charge < -0.3 is 149 Å². The van der Waals surface area contributed by atoms with Gasteiger partial charge in [0, 0.05) is 175 Å². The fourth-order valence-electron chi connectivity index (χ4n) is 10.7. The monoisotopic (exact) mass is 2650 g/mol. The second-order valence-electron chi connectivity index (χ2n) is 23.8. The summed E-state index contributed by atoms with van der Waals surface area (Å²) in [6.07, 6.45) is 0.147. The average Bonchev–Trinajstić information content (AvgIpc) is 0.863. The first-order valence-electron chi connectivity index (χ1n) is 32.2. The molecule has 0 aliphatic rings. The van der Waals surface area contributed by atoms with E-state index < -0.39 is 206 Å². The van der Waals surface area contributed by atoms with Crippen molar-refractivity contribution in [3.63, 3.8) is 0 Å². The molecule has 0 saturated carbocycles. The Labute approximate surface area is 773 Å². The van der Waals surface area contributed by atoms with Crippen molar-refractivity contribution in [3.8, 4) is 0 Å². The van der Waals surface area contributed by atoms with Crippen molar-refractivity contribution in [2.75, 3.05) is 157 Å². The number of isothiocyanates is 3. The number of carboxylic acid groups (broad SMARTS) is 15. The quantitative estimate of drug-likeness (QED) is 0.0288. The van der Waals surface area contributed by atoms with E-state index in [0.29, 0.717) is 33.8 Å². The zero-order valence-corrected chi connectivity index (χ0v) is 80.7. The number of rotatable bonds is 57. The summed E-state index contributed by atoms with van der Waals surface area (Å²) in [4.78, 5) is 188. The van der Waals surface area contributed by atoms with Crippen LogP contribution in [-0.2, 0) is 91.2 Å². The number of hydrogen-bond acceptors (Lipinski definition) is 45. The van der Waals surface area contributed by atoms with Crippen molar-refractivity contribution in [1.29, 1.82) is 0 Å². The van der Waals surface area contributed by atoms with Crippen LogP contribution in [0.5, 0.6) is 0 Å². The van der Waals surface area contributed by atoms with Gasteiger partial charge >= 0.3 is 131 Å². The molecule has 0 spiro atoms. The minimum atomic E-state index is -1.59. The molecule has 616 valence electrons. The van der Waals surface area contributed by atoms with Gasteiger partial charge in [0.25, 0.3) is 0 Å². The van der Waals surface area contributed by atoms with Gasteiger partial charge in [-0.15, -0.1) is 0 Å². The van der Waals surface area contributed by atoms with E-state index in [9.17, 15) is 149 Å². The van der Waals surface area contributed by atoms with E-state index in [1.165, 1.54) is 14.7 Å². The van der Waals surface area contributed by atoms with Crippen LogP contribution >= 0.6 is 36.7 Å². The van der Waals surface area contributed by atoms with E-state index >= 15 is 0 Å². The molecule has 10 radical (unpaired) electrons. The third kappa shape index (κ3) is 58.9. The van der Waals surface area contributed by atoms with Crippen molar-refractivity contribution >= 4 is 290 Å². The number of thiocarbonyl (C=S) groups is 3. The van der Waals surface area contributed by atoms with Gasteiger partial charge in [0.2, 0.25) is 0 Å². The van der Waals surface area contributed by atoms with Crippen LogP contribution in [0, 0.1) is 0 Å². The van der Waals surface area contributed by atoms with Crippen LogP contribution < -0.4 is 76.6 Å². The molecular formula is C66H69Bi5N12O30S3. The molecule has 3 aromatic rings. The van der Waals surface area contributed by atoms with Gasteiger partial charge in [0.15, 0.2) is 0 Å². The fraction of sp³-hybridized carbons (Fsp3) is 0.455. The van der Waals surface area contributed by atoms with Crippen molar-refractivity contribution in [3.05, 3.63) is 89.5 Å². The van der Waals surface area contributed by atoms with Crippen LogP contribution in [0.4, 0.5) is 17.1 Å². The van der Waals surface area contributed by atoms with Crippen LogP contribution in [0.15, 0.2) is 87.8 Å². The molecule has 0 aromatic heterocycles. The minimum Gasteiger partial charge on any atom is -0.549 e. The molecule has 50 heteroatoms. The van der Waals surface area contributed by atoms with E-state index in [1.807, 2.05) is 0 Å². The van der Waals surface area contributed by atoms with Gasteiger partial charge in [-0.2, -0.15) is 15.0 Å². The molecule has 3 aromatic carbocycles. The standard InChI is InChI=1S/3C22H28N4O10S.5Bi/c3*27-18(28)9-24(5-6-25(10-19(29)30)11-20(31)32)8-17(26(12-21(33)34)13-22(35)36)7-15-1-3-16(4-2-15)23-14-37;;;;;/h3*1-4,17H,5-13H2,(H,27,28)(H,29,30)(H,31,32)(H,33,34)(H,35,36);;;;;/q;;;5*+3/p-15. The summed E-state index contributed by atoms with van der Waals surface area (Å²) in [5.41, 5.74) is 3.28. The zero-order valence-electron chi connectivity index (χ0n) is 60.8. The molecule has 3 rings (SSSR count). The summed E-state index contributed by atoms with van der Waals surface area (Å²) in [6, 6.07) is 16.5. The number of carboxylic acids is 15. The molecule has 0 amide bonds. The number of carbonyl (C=O) groups is 15. The number of nitrogens with zero attached hydrogens (tertiary/aromatic N) is 12. The third-order valence-corrected chi connectivity index (χ3v) is 15.3. The first-order valence-corrected chi connectivity index (χ1v) is 33.4.